The molecular formula is C80H61BN2O2. The van der Waals surface area contributed by atoms with Crippen molar-refractivity contribution in [3.8, 4) is 55.6 Å². The Morgan fingerprint density at radius 1 is 0.353 bits per heavy atom. The molecular weight excluding hydrogens is 1030 g/mol. The van der Waals surface area contributed by atoms with Gasteiger partial charge in [0.15, 0.2) is 5.58 Å². The SMILES string of the molecule is [2H]c1c([2H])c([2H])c(-c2ccc3c(c2)B2c4ccc(-c5c([2H])c([2H])c([2H])c([2H])c5[2H])cc4N(c4cccc5c4oc4c(-c6cccc7oc8ccccc8c67)cccc45)c4cc(C(C)(C)C)cc(c42)N3c2c(-c3ccccc3)cc(C(C)(C)C)cc2-c2ccccc2)c([2H])c1[2H]. The summed E-state index contributed by atoms with van der Waals surface area (Å²) in [5, 5.41) is 3.69. The summed E-state index contributed by atoms with van der Waals surface area (Å²) in [5.74, 6) is 0. The Hall–Kier alpha value is -10.1. The van der Waals surface area contributed by atoms with Crippen molar-refractivity contribution in [3.63, 3.8) is 0 Å². The Balaban J connectivity index is 1.07. The first kappa shape index (κ1) is 41.0. The summed E-state index contributed by atoms with van der Waals surface area (Å²) in [6.07, 6.45) is 0. The predicted octanol–water partition coefficient (Wildman–Crippen LogP) is 20.5. The van der Waals surface area contributed by atoms with E-state index < -0.39 is 48.4 Å². The molecule has 0 aliphatic carbocycles. The topological polar surface area (TPSA) is 32.8 Å². The average Bonchev–Trinajstić information content (AvgIpc) is 1.24. The summed E-state index contributed by atoms with van der Waals surface area (Å²) in [4.78, 5) is 4.62. The highest BCUT2D eigenvalue weighted by molar-refractivity contribution is 7.00. The molecule has 2 aliphatic heterocycles. The van der Waals surface area contributed by atoms with Crippen LogP contribution in [-0.2, 0) is 10.8 Å². The normalized spacial score (nSPS) is 14.6. The molecule has 4 heterocycles. The third-order valence-corrected chi connectivity index (χ3v) is 17.3. The molecule has 4 nitrogen and oxygen atoms in total. The van der Waals surface area contributed by atoms with Crippen molar-refractivity contribution in [1.29, 1.82) is 0 Å². The second-order valence-electron chi connectivity index (χ2n) is 24.4. The van der Waals surface area contributed by atoms with Crippen molar-refractivity contribution in [2.45, 2.75) is 52.4 Å². The van der Waals surface area contributed by atoms with Gasteiger partial charge in [0.2, 0.25) is 0 Å². The van der Waals surface area contributed by atoms with Crippen LogP contribution in [-0.4, -0.2) is 6.71 Å². The zero-order chi connectivity index (χ0) is 66.0. The second kappa shape index (κ2) is 19.2. The van der Waals surface area contributed by atoms with Crippen LogP contribution in [0, 0.1) is 0 Å². The summed E-state index contributed by atoms with van der Waals surface area (Å²) in [6.45, 7) is 12.7. The molecule has 0 spiro atoms. The number of hydrogen-bond acceptors (Lipinski definition) is 4. The first-order valence-corrected chi connectivity index (χ1v) is 28.9. The summed E-state index contributed by atoms with van der Waals surface area (Å²) >= 11 is 0. The highest BCUT2D eigenvalue weighted by Crippen LogP contribution is 2.54. The van der Waals surface area contributed by atoms with E-state index in [2.05, 4.69) is 167 Å². The molecule has 2 aliphatic rings. The minimum Gasteiger partial charge on any atom is -0.456 e. The summed E-state index contributed by atoms with van der Waals surface area (Å²) in [6, 6.07) is 64.2. The Kier molecular flexibility index (Phi) is 9.28. The average molecular weight is 1100 g/mol. The molecule has 16 rings (SSSR count). The van der Waals surface area contributed by atoms with E-state index in [1.165, 1.54) is 0 Å². The van der Waals surface area contributed by atoms with Gasteiger partial charge in [-0.1, -0.05) is 248 Å². The van der Waals surface area contributed by atoms with Crippen LogP contribution in [0.25, 0.3) is 99.5 Å². The van der Waals surface area contributed by atoms with Crippen LogP contribution in [0.2, 0.25) is 0 Å². The van der Waals surface area contributed by atoms with Crippen LogP contribution >= 0.6 is 0 Å². The zero-order valence-corrected chi connectivity index (χ0v) is 47.8. The Morgan fingerprint density at radius 3 is 1.56 bits per heavy atom. The molecule has 12 aromatic carbocycles. The summed E-state index contributed by atoms with van der Waals surface area (Å²) < 4.78 is 105. The van der Waals surface area contributed by atoms with Crippen LogP contribution in [0.3, 0.4) is 0 Å². The second-order valence-corrected chi connectivity index (χ2v) is 24.4. The molecule has 0 saturated carbocycles. The van der Waals surface area contributed by atoms with Crippen LogP contribution in [0.4, 0.5) is 34.1 Å². The lowest BCUT2D eigenvalue weighted by Gasteiger charge is -2.46. The van der Waals surface area contributed by atoms with Gasteiger partial charge in [-0.2, -0.15) is 0 Å². The van der Waals surface area contributed by atoms with Gasteiger partial charge in [-0.3, -0.25) is 0 Å². The lowest BCUT2D eigenvalue weighted by Crippen LogP contribution is -2.61. The van der Waals surface area contributed by atoms with E-state index in [1.807, 2.05) is 84.9 Å². The van der Waals surface area contributed by atoms with Crippen molar-refractivity contribution < 1.29 is 22.5 Å². The van der Waals surface area contributed by atoms with Crippen LogP contribution in [0.15, 0.2) is 269 Å². The van der Waals surface area contributed by atoms with E-state index in [9.17, 15) is 5.48 Å². The maximum atomic E-state index is 9.42. The first-order valence-electron chi connectivity index (χ1n) is 33.9. The maximum absolute atomic E-state index is 9.42. The molecule has 0 unspecified atom stereocenters. The van der Waals surface area contributed by atoms with E-state index in [-0.39, 0.29) is 40.7 Å². The number of rotatable bonds is 7. The van der Waals surface area contributed by atoms with Gasteiger partial charge >= 0.3 is 0 Å². The molecule has 0 atom stereocenters. The molecule has 2 aromatic heterocycles. The van der Waals surface area contributed by atoms with Crippen molar-refractivity contribution in [3.05, 3.63) is 272 Å². The molecule has 0 saturated heterocycles. The molecule has 0 amide bonds. The number of furan rings is 2. The number of fused-ring (bicyclic) bond motifs is 10. The quantitative estimate of drug-likeness (QED) is 0.149. The van der Waals surface area contributed by atoms with E-state index in [1.54, 1.807) is 0 Å². The minimum atomic E-state index is -0.647. The van der Waals surface area contributed by atoms with E-state index >= 15 is 0 Å². The Labute approximate surface area is 511 Å². The molecule has 0 radical (unpaired) electrons. The fourth-order valence-corrected chi connectivity index (χ4v) is 13.2. The van der Waals surface area contributed by atoms with Gasteiger partial charge in [-0.25, -0.2) is 0 Å². The van der Waals surface area contributed by atoms with Gasteiger partial charge in [0.1, 0.15) is 16.7 Å². The smallest absolute Gasteiger partial charge is 0.252 e. The third kappa shape index (κ3) is 8.12. The van der Waals surface area contributed by atoms with Gasteiger partial charge in [-0.05, 0) is 132 Å². The van der Waals surface area contributed by atoms with Crippen molar-refractivity contribution in [1.82, 2.24) is 0 Å². The molecule has 0 bridgehead atoms. The van der Waals surface area contributed by atoms with Crippen LogP contribution in [0.5, 0.6) is 0 Å². The number of anilines is 6. The summed E-state index contributed by atoms with van der Waals surface area (Å²) in [5.41, 5.74) is 17.9. The fourth-order valence-electron chi connectivity index (χ4n) is 13.2. The molecule has 14 aromatic rings. The third-order valence-electron chi connectivity index (χ3n) is 17.3. The van der Waals surface area contributed by atoms with Crippen molar-refractivity contribution >= 4 is 101 Å². The molecule has 85 heavy (non-hydrogen) atoms. The van der Waals surface area contributed by atoms with E-state index in [4.69, 9.17) is 17.1 Å². The molecule has 406 valence electrons. The lowest BCUT2D eigenvalue weighted by atomic mass is 9.33. The largest absolute Gasteiger partial charge is 0.456 e. The lowest BCUT2D eigenvalue weighted by molar-refractivity contribution is 0.590. The van der Waals surface area contributed by atoms with Crippen LogP contribution in [0.1, 0.15) is 66.4 Å². The number of para-hydroxylation sites is 3. The maximum Gasteiger partial charge on any atom is 0.252 e. The Morgan fingerprint density at radius 2 is 0.894 bits per heavy atom. The molecule has 0 N–H and O–H groups in total. The van der Waals surface area contributed by atoms with Gasteiger partial charge in [0, 0.05) is 61.0 Å². The zero-order valence-electron chi connectivity index (χ0n) is 57.8. The van der Waals surface area contributed by atoms with Gasteiger partial charge in [0.05, 0.1) is 25.1 Å². The van der Waals surface area contributed by atoms with Gasteiger partial charge < -0.3 is 18.6 Å². The van der Waals surface area contributed by atoms with Gasteiger partial charge in [-0.15, -0.1) is 0 Å². The standard InChI is InChI=1S/C80H61BN2O2/c1-79(2,3)56-46-63(52-28-15-9-16-29-52)76(64(47-56)53-30-17-10-18-31-53)83-67-43-41-54(50-24-11-7-12-25-50)44-66(67)81-65-42-40-55(51-26-13-8-14-27-51)45-69(65)82(70-48-57(80(4,5)6)49-71(83)75(70)81)68-37-22-36-61-60-35-21-34-59(77(60)85-78(61)68)58-33-23-39-73-74(58)62-32-19-20-38-72(62)84-73/h7-49H,1-6H3/i7D,8D,11D,12D,13D,14D,24D,25D,26D,27D. The highest BCUT2D eigenvalue weighted by Gasteiger charge is 2.46. The summed E-state index contributed by atoms with van der Waals surface area (Å²) in [7, 11) is 0. The monoisotopic (exact) mass is 1100 g/mol. The first-order chi connectivity index (χ1) is 45.6. The fraction of sp³-hybridized carbons (Fsp3) is 0.100. The minimum absolute atomic E-state index is 0.0421. The number of benzene rings is 12. The van der Waals surface area contributed by atoms with Gasteiger partial charge in [0.25, 0.3) is 6.71 Å². The van der Waals surface area contributed by atoms with Crippen molar-refractivity contribution in [2.75, 3.05) is 9.80 Å². The number of hydrogen-bond donors (Lipinski definition) is 0. The molecule has 5 heteroatoms. The van der Waals surface area contributed by atoms with Crippen molar-refractivity contribution in [2.24, 2.45) is 0 Å². The van der Waals surface area contributed by atoms with Crippen LogP contribution < -0.4 is 26.2 Å². The van der Waals surface area contributed by atoms with E-state index in [0.29, 0.717) is 33.7 Å². The Bertz CT molecular complexity index is 5500. The predicted molar refractivity (Wildman–Crippen MR) is 360 cm³/mol. The van der Waals surface area contributed by atoms with E-state index in [0.717, 1.165) is 116 Å². The molecule has 0 fully saturated rings. The highest BCUT2D eigenvalue weighted by atomic mass is 16.3. The number of nitrogens with zero attached hydrogens (tertiary/aromatic N) is 2.